The number of rotatable bonds is 6. The minimum Gasteiger partial charge on any atom is -0.299 e. The zero-order chi connectivity index (χ0) is 13.7. The van der Waals surface area contributed by atoms with E-state index in [0.717, 1.165) is 0 Å². The fourth-order valence-electron chi connectivity index (χ4n) is 1.28. The molecule has 0 bridgehead atoms. The second kappa shape index (κ2) is 6.94. The van der Waals surface area contributed by atoms with Crippen LogP contribution in [0.3, 0.4) is 0 Å². The van der Waals surface area contributed by atoms with Gasteiger partial charge in [0.25, 0.3) is 0 Å². The van der Waals surface area contributed by atoms with Gasteiger partial charge in [-0.15, -0.1) is 16.8 Å². The number of thiol groups is 2. The maximum Gasteiger partial charge on any atom is 0.179 e. The van der Waals surface area contributed by atoms with Crippen molar-refractivity contribution in [2.24, 2.45) is 5.92 Å². The van der Waals surface area contributed by atoms with E-state index in [1.807, 2.05) is 20.1 Å². The number of hydrogen-bond donors (Lipinski definition) is 2. The van der Waals surface area contributed by atoms with E-state index in [0.29, 0.717) is 25.1 Å². The number of ketones is 1. The van der Waals surface area contributed by atoms with Crippen molar-refractivity contribution in [1.29, 1.82) is 0 Å². The minimum absolute atomic E-state index is 0.00422. The molecule has 0 aliphatic rings. The standard InChI is InChI=1S/C11H19N3O2S2/c1-8(2)10(15)6-9-7-14(13-12-9)5-4-11(16)18(3)17/h7-8,17-18H,4-6H2,1-3H3. The SMILES string of the molecule is CC(C)C(=O)Cc1cn(CCC(=O)[SH](C)S)nn1. The van der Waals surface area contributed by atoms with E-state index in [9.17, 15) is 9.59 Å². The largest absolute Gasteiger partial charge is 0.299 e. The highest BCUT2D eigenvalue weighted by Crippen LogP contribution is 2.27. The third-order valence-electron chi connectivity index (χ3n) is 2.50. The van der Waals surface area contributed by atoms with Crippen LogP contribution in [0.15, 0.2) is 6.20 Å². The Bertz CT molecular complexity index is 430. The Kier molecular flexibility index (Phi) is 5.87. The molecule has 5 nitrogen and oxygen atoms in total. The third-order valence-corrected chi connectivity index (χ3v) is 4.12. The Morgan fingerprint density at radius 2 is 2.17 bits per heavy atom. The topological polar surface area (TPSA) is 64.8 Å². The molecule has 0 aliphatic heterocycles. The van der Waals surface area contributed by atoms with Gasteiger partial charge < -0.3 is 0 Å². The molecule has 1 aromatic heterocycles. The zero-order valence-corrected chi connectivity index (χ0v) is 12.6. The molecule has 0 amide bonds. The van der Waals surface area contributed by atoms with Crippen LogP contribution in [0, 0.1) is 5.92 Å². The summed E-state index contributed by atoms with van der Waals surface area (Å²) in [4.78, 5) is 23.0. The van der Waals surface area contributed by atoms with Gasteiger partial charge >= 0.3 is 0 Å². The molecule has 102 valence electrons. The fourth-order valence-corrected chi connectivity index (χ4v) is 2.01. The van der Waals surface area contributed by atoms with Gasteiger partial charge in [0.05, 0.1) is 18.7 Å². The van der Waals surface area contributed by atoms with Gasteiger partial charge in [-0.25, -0.2) is 0 Å². The summed E-state index contributed by atoms with van der Waals surface area (Å²) < 4.78 is 1.60. The summed E-state index contributed by atoms with van der Waals surface area (Å²) >= 11 is 4.14. The Morgan fingerprint density at radius 1 is 1.50 bits per heavy atom. The van der Waals surface area contributed by atoms with Crippen molar-refractivity contribution in [2.75, 3.05) is 6.26 Å². The van der Waals surface area contributed by atoms with E-state index in [-0.39, 0.29) is 16.8 Å². The van der Waals surface area contributed by atoms with Crippen LogP contribution in [-0.2, 0) is 22.6 Å². The summed E-state index contributed by atoms with van der Waals surface area (Å²) in [5.41, 5.74) is 0.658. The number of carbonyl (C=O) groups is 2. The molecule has 7 heteroatoms. The maximum atomic E-state index is 11.5. The molecule has 0 aromatic carbocycles. The Hall–Kier alpha value is -0.820. The van der Waals surface area contributed by atoms with Crippen molar-refractivity contribution >= 4 is 32.5 Å². The highest BCUT2D eigenvalue weighted by atomic mass is 33.1. The fraction of sp³-hybridized carbons (Fsp3) is 0.636. The first-order valence-corrected chi connectivity index (χ1v) is 8.71. The van der Waals surface area contributed by atoms with Crippen LogP contribution < -0.4 is 0 Å². The minimum atomic E-state index is -0.834. The van der Waals surface area contributed by atoms with E-state index >= 15 is 0 Å². The highest BCUT2D eigenvalue weighted by Gasteiger charge is 2.11. The molecule has 0 spiro atoms. The first-order chi connectivity index (χ1) is 8.40. The molecule has 1 rings (SSSR count). The van der Waals surface area contributed by atoms with Crippen LogP contribution >= 0.6 is 21.6 Å². The smallest absolute Gasteiger partial charge is 0.179 e. The molecule has 0 saturated carbocycles. The average molecular weight is 289 g/mol. The van der Waals surface area contributed by atoms with Gasteiger partial charge in [-0.1, -0.05) is 19.1 Å². The summed E-state index contributed by atoms with van der Waals surface area (Å²) in [7, 11) is -0.834. The summed E-state index contributed by atoms with van der Waals surface area (Å²) in [5, 5.41) is 7.98. The second-order valence-electron chi connectivity index (χ2n) is 4.44. The molecular formula is C11H19N3O2S2. The number of aromatic nitrogens is 3. The van der Waals surface area contributed by atoms with Gasteiger partial charge in [0.2, 0.25) is 0 Å². The molecule has 1 unspecified atom stereocenters. The number of Topliss-reactive ketones (excluding diaryl/α,β-unsaturated/α-hetero) is 1. The Morgan fingerprint density at radius 3 is 2.72 bits per heavy atom. The van der Waals surface area contributed by atoms with Crippen molar-refractivity contribution < 1.29 is 9.59 Å². The molecule has 0 radical (unpaired) electrons. The van der Waals surface area contributed by atoms with Crippen LogP contribution in [0.2, 0.25) is 0 Å². The number of carbonyl (C=O) groups excluding carboxylic acids is 2. The Labute approximate surface area is 114 Å². The third kappa shape index (κ3) is 4.81. The molecule has 0 aliphatic carbocycles. The van der Waals surface area contributed by atoms with Gasteiger partial charge in [-0.3, -0.25) is 14.3 Å². The second-order valence-corrected chi connectivity index (χ2v) is 7.78. The first-order valence-electron chi connectivity index (χ1n) is 5.77. The Balaban J connectivity index is 2.48. The highest BCUT2D eigenvalue weighted by molar-refractivity contribution is 8.84. The molecular weight excluding hydrogens is 270 g/mol. The predicted molar refractivity (Wildman–Crippen MR) is 77.1 cm³/mol. The summed E-state index contributed by atoms with van der Waals surface area (Å²) in [6.45, 7) is 4.22. The summed E-state index contributed by atoms with van der Waals surface area (Å²) in [5.74, 6) is 0.148. The van der Waals surface area contributed by atoms with Crippen molar-refractivity contribution in [1.82, 2.24) is 15.0 Å². The van der Waals surface area contributed by atoms with Gasteiger partial charge in [0.15, 0.2) is 5.12 Å². The molecule has 0 fully saturated rings. The van der Waals surface area contributed by atoms with Crippen LogP contribution in [0.1, 0.15) is 26.0 Å². The zero-order valence-electron chi connectivity index (χ0n) is 10.8. The number of hydrogen-bond acceptors (Lipinski definition) is 5. The lowest BCUT2D eigenvalue weighted by Crippen LogP contribution is -2.10. The van der Waals surface area contributed by atoms with E-state index in [1.165, 1.54) is 0 Å². The van der Waals surface area contributed by atoms with Gasteiger partial charge in [0.1, 0.15) is 5.78 Å². The van der Waals surface area contributed by atoms with Gasteiger partial charge in [0, 0.05) is 18.5 Å². The van der Waals surface area contributed by atoms with Crippen molar-refractivity contribution in [3.05, 3.63) is 11.9 Å². The van der Waals surface area contributed by atoms with Gasteiger partial charge in [-0.2, -0.15) is 9.93 Å². The summed E-state index contributed by atoms with van der Waals surface area (Å²) in [6, 6.07) is 0. The molecule has 0 saturated heterocycles. The molecule has 1 atom stereocenters. The van der Waals surface area contributed by atoms with Gasteiger partial charge in [-0.05, 0) is 6.26 Å². The lowest BCUT2D eigenvalue weighted by atomic mass is 10.1. The lowest BCUT2D eigenvalue weighted by Gasteiger charge is -2.05. The quantitative estimate of drug-likeness (QED) is 0.614. The van der Waals surface area contributed by atoms with E-state index < -0.39 is 9.93 Å². The molecule has 18 heavy (non-hydrogen) atoms. The lowest BCUT2D eigenvalue weighted by molar-refractivity contribution is -0.121. The summed E-state index contributed by atoms with van der Waals surface area (Å²) in [6.07, 6.45) is 4.25. The molecule has 1 aromatic rings. The maximum absolute atomic E-state index is 11.5. The number of nitrogens with zero attached hydrogens (tertiary/aromatic N) is 3. The first kappa shape index (κ1) is 15.2. The van der Waals surface area contributed by atoms with Crippen molar-refractivity contribution in [3.8, 4) is 0 Å². The molecule has 1 heterocycles. The van der Waals surface area contributed by atoms with Crippen LogP contribution in [0.25, 0.3) is 0 Å². The normalized spacial score (nSPS) is 13.7. The van der Waals surface area contributed by atoms with Crippen LogP contribution in [0.4, 0.5) is 0 Å². The van der Waals surface area contributed by atoms with E-state index in [1.54, 1.807) is 10.9 Å². The predicted octanol–water partition coefficient (Wildman–Crippen LogP) is 1.44. The van der Waals surface area contributed by atoms with Crippen LogP contribution in [-0.4, -0.2) is 32.1 Å². The van der Waals surface area contributed by atoms with E-state index in [4.69, 9.17) is 0 Å². The monoisotopic (exact) mass is 289 g/mol. The average Bonchev–Trinajstić information content (AvgIpc) is 2.73. The van der Waals surface area contributed by atoms with E-state index in [2.05, 4.69) is 22.0 Å². The number of aryl methyl sites for hydroxylation is 1. The van der Waals surface area contributed by atoms with Crippen molar-refractivity contribution in [3.63, 3.8) is 0 Å². The van der Waals surface area contributed by atoms with Crippen molar-refractivity contribution in [2.45, 2.75) is 33.2 Å². The van der Waals surface area contributed by atoms with Crippen LogP contribution in [0.5, 0.6) is 0 Å². The molecule has 0 N–H and O–H groups in total.